The van der Waals surface area contributed by atoms with Crippen molar-refractivity contribution in [3.63, 3.8) is 0 Å². The summed E-state index contributed by atoms with van der Waals surface area (Å²) in [7, 11) is 0. The molecule has 2 unspecified atom stereocenters. The van der Waals surface area contributed by atoms with E-state index in [1.54, 1.807) is 6.92 Å². The van der Waals surface area contributed by atoms with Gasteiger partial charge in [-0.15, -0.1) is 0 Å². The van der Waals surface area contributed by atoms with E-state index >= 15 is 0 Å². The minimum absolute atomic E-state index is 0.152. The molecule has 5 nitrogen and oxygen atoms in total. The molecular weight excluding hydrogens is 366 g/mol. The Balaban J connectivity index is 2.01. The third-order valence-corrected chi connectivity index (χ3v) is 6.34. The van der Waals surface area contributed by atoms with Gasteiger partial charge >= 0.3 is 5.97 Å². The number of aliphatic hydroxyl groups is 1. The number of rotatable bonds is 7. The summed E-state index contributed by atoms with van der Waals surface area (Å²) in [6.07, 6.45) is 2.95. The second-order valence-corrected chi connectivity index (χ2v) is 8.69. The number of piperidine rings is 1. The number of likely N-dealkylation sites (tertiary alicyclic amines) is 1. The Kier molecular flexibility index (Phi) is 5.82. The van der Waals surface area contributed by atoms with Gasteiger partial charge in [0, 0.05) is 5.02 Å². The number of hydrogen-bond acceptors (Lipinski definition) is 3. The van der Waals surface area contributed by atoms with Crippen molar-refractivity contribution in [3.8, 4) is 0 Å². The van der Waals surface area contributed by atoms with E-state index in [1.807, 2.05) is 36.1 Å². The molecule has 148 valence electrons. The Morgan fingerprint density at radius 3 is 2.44 bits per heavy atom. The van der Waals surface area contributed by atoms with Crippen molar-refractivity contribution in [1.82, 2.24) is 4.90 Å². The maximum absolute atomic E-state index is 13.6. The van der Waals surface area contributed by atoms with Gasteiger partial charge in [0.25, 0.3) is 0 Å². The van der Waals surface area contributed by atoms with Crippen LogP contribution in [0.3, 0.4) is 0 Å². The lowest BCUT2D eigenvalue weighted by Crippen LogP contribution is -2.57. The van der Waals surface area contributed by atoms with Crippen molar-refractivity contribution in [2.45, 2.75) is 70.6 Å². The number of aliphatic carboxylic acids is 1. The molecule has 1 amide bonds. The van der Waals surface area contributed by atoms with Crippen LogP contribution in [-0.4, -0.2) is 39.1 Å². The predicted octanol–water partition coefficient (Wildman–Crippen LogP) is 4.03. The van der Waals surface area contributed by atoms with Gasteiger partial charge in [-0.05, 0) is 55.7 Å². The molecule has 2 aliphatic rings. The number of halogens is 1. The van der Waals surface area contributed by atoms with Crippen molar-refractivity contribution in [3.05, 3.63) is 34.9 Å². The lowest BCUT2D eigenvalue weighted by Gasteiger charge is -2.49. The standard InChI is InChI=1S/C21H28ClNO4/c1-3-17(24)19(14-4-5-14)23-16(13-6-8-15(22)9-7-13)10-11-21(2,20(23)27)12-18(25)26/h6-9,14,16-17,19,24H,3-5,10-12H2,1-2H3,(H,25,26)/t16-,17?,19?,21+/m0/s1. The Labute approximate surface area is 165 Å². The molecule has 0 spiro atoms. The highest BCUT2D eigenvalue weighted by Gasteiger charge is 2.52. The first-order chi connectivity index (χ1) is 12.8. The van der Waals surface area contributed by atoms with Crippen molar-refractivity contribution in [2.24, 2.45) is 11.3 Å². The highest BCUT2D eigenvalue weighted by atomic mass is 35.5. The van der Waals surface area contributed by atoms with Crippen molar-refractivity contribution in [2.75, 3.05) is 0 Å². The topological polar surface area (TPSA) is 77.8 Å². The van der Waals surface area contributed by atoms with Gasteiger partial charge in [-0.25, -0.2) is 0 Å². The fraction of sp³-hybridized carbons (Fsp3) is 0.619. The summed E-state index contributed by atoms with van der Waals surface area (Å²) >= 11 is 6.03. The minimum Gasteiger partial charge on any atom is -0.481 e. The fourth-order valence-electron chi connectivity index (χ4n) is 4.41. The maximum atomic E-state index is 13.6. The van der Waals surface area contributed by atoms with Gasteiger partial charge in [0.2, 0.25) is 5.91 Å². The first kappa shape index (κ1) is 20.2. The molecule has 4 atom stereocenters. The number of amides is 1. The van der Waals surface area contributed by atoms with Crippen LogP contribution in [0.5, 0.6) is 0 Å². The summed E-state index contributed by atoms with van der Waals surface area (Å²) in [6.45, 7) is 3.67. The average Bonchev–Trinajstić information content (AvgIpc) is 3.44. The predicted molar refractivity (Wildman–Crippen MR) is 103 cm³/mol. The van der Waals surface area contributed by atoms with Gasteiger partial charge in [0.05, 0.1) is 30.0 Å². The second kappa shape index (κ2) is 7.80. The molecule has 27 heavy (non-hydrogen) atoms. The van der Waals surface area contributed by atoms with Crippen molar-refractivity contribution in [1.29, 1.82) is 0 Å². The van der Waals surface area contributed by atoms with Crippen LogP contribution >= 0.6 is 11.6 Å². The van der Waals surface area contributed by atoms with E-state index in [-0.39, 0.29) is 30.3 Å². The molecule has 1 aromatic rings. The van der Waals surface area contributed by atoms with Crippen LogP contribution in [0, 0.1) is 11.3 Å². The molecule has 0 aromatic heterocycles. The molecule has 1 heterocycles. The van der Waals surface area contributed by atoms with Gasteiger partial charge in [-0.3, -0.25) is 9.59 Å². The summed E-state index contributed by atoms with van der Waals surface area (Å²) < 4.78 is 0. The van der Waals surface area contributed by atoms with Crippen LogP contribution in [-0.2, 0) is 9.59 Å². The van der Waals surface area contributed by atoms with E-state index in [4.69, 9.17) is 11.6 Å². The molecule has 1 saturated heterocycles. The number of carbonyl (C=O) groups excluding carboxylic acids is 1. The van der Waals surface area contributed by atoms with Crippen molar-refractivity contribution < 1.29 is 19.8 Å². The van der Waals surface area contributed by atoms with Gasteiger partial charge in [-0.2, -0.15) is 0 Å². The quantitative estimate of drug-likeness (QED) is 0.733. The Bertz CT molecular complexity index is 703. The number of benzene rings is 1. The molecule has 3 rings (SSSR count). The summed E-state index contributed by atoms with van der Waals surface area (Å²) in [5.41, 5.74) is 0.0501. The monoisotopic (exact) mass is 393 g/mol. The van der Waals surface area contributed by atoms with E-state index in [0.29, 0.717) is 24.3 Å². The van der Waals surface area contributed by atoms with E-state index < -0.39 is 17.5 Å². The molecule has 0 bridgehead atoms. The van der Waals surface area contributed by atoms with Crippen LogP contribution < -0.4 is 0 Å². The molecule has 1 aromatic carbocycles. The lowest BCUT2D eigenvalue weighted by atomic mass is 9.73. The number of hydrogen-bond donors (Lipinski definition) is 2. The van der Waals surface area contributed by atoms with Gasteiger partial charge in [-0.1, -0.05) is 37.6 Å². The van der Waals surface area contributed by atoms with E-state index in [1.165, 1.54) is 0 Å². The number of carboxylic acids is 1. The van der Waals surface area contributed by atoms with Gasteiger partial charge < -0.3 is 15.1 Å². The summed E-state index contributed by atoms with van der Waals surface area (Å²) in [5, 5.41) is 20.7. The largest absolute Gasteiger partial charge is 0.481 e. The first-order valence-corrected chi connectivity index (χ1v) is 10.1. The Morgan fingerprint density at radius 2 is 1.93 bits per heavy atom. The minimum atomic E-state index is -0.963. The summed E-state index contributed by atoms with van der Waals surface area (Å²) in [5.74, 6) is -0.832. The summed E-state index contributed by atoms with van der Waals surface area (Å²) in [6, 6.07) is 7.05. The number of carboxylic acid groups (broad SMARTS) is 1. The third-order valence-electron chi connectivity index (χ3n) is 6.09. The first-order valence-electron chi connectivity index (χ1n) is 9.75. The number of aliphatic hydroxyl groups excluding tert-OH is 1. The van der Waals surface area contributed by atoms with E-state index in [9.17, 15) is 19.8 Å². The van der Waals surface area contributed by atoms with Crippen LogP contribution in [0.4, 0.5) is 0 Å². The number of carbonyl (C=O) groups is 2. The highest BCUT2D eigenvalue weighted by molar-refractivity contribution is 6.30. The van der Waals surface area contributed by atoms with Crippen molar-refractivity contribution >= 4 is 23.5 Å². The van der Waals surface area contributed by atoms with Crippen LogP contribution in [0.25, 0.3) is 0 Å². The zero-order chi connectivity index (χ0) is 19.8. The second-order valence-electron chi connectivity index (χ2n) is 8.25. The van der Waals surface area contributed by atoms with Crippen LogP contribution in [0.1, 0.15) is 64.0 Å². The van der Waals surface area contributed by atoms with Gasteiger partial charge in [0.15, 0.2) is 0 Å². The smallest absolute Gasteiger partial charge is 0.304 e. The molecule has 2 fully saturated rings. The van der Waals surface area contributed by atoms with E-state index in [2.05, 4.69) is 0 Å². The zero-order valence-corrected chi connectivity index (χ0v) is 16.7. The fourth-order valence-corrected chi connectivity index (χ4v) is 4.54. The molecule has 2 N–H and O–H groups in total. The Hall–Kier alpha value is -1.59. The van der Waals surface area contributed by atoms with Crippen LogP contribution in [0.15, 0.2) is 24.3 Å². The third kappa shape index (κ3) is 4.14. The molecule has 1 aliphatic carbocycles. The average molecular weight is 394 g/mol. The molecule has 6 heteroatoms. The molecule has 0 radical (unpaired) electrons. The lowest BCUT2D eigenvalue weighted by molar-refractivity contribution is -0.162. The maximum Gasteiger partial charge on any atom is 0.304 e. The highest BCUT2D eigenvalue weighted by Crippen LogP contribution is 2.48. The van der Waals surface area contributed by atoms with E-state index in [0.717, 1.165) is 18.4 Å². The Morgan fingerprint density at radius 1 is 1.30 bits per heavy atom. The number of nitrogens with zero attached hydrogens (tertiary/aromatic N) is 1. The normalized spacial score (nSPS) is 28.1. The summed E-state index contributed by atoms with van der Waals surface area (Å²) in [4.78, 5) is 26.8. The molecule has 1 saturated carbocycles. The van der Waals surface area contributed by atoms with Crippen LogP contribution in [0.2, 0.25) is 5.02 Å². The molecular formula is C21H28ClNO4. The van der Waals surface area contributed by atoms with Gasteiger partial charge in [0.1, 0.15) is 0 Å². The molecule has 1 aliphatic heterocycles. The SMILES string of the molecule is CCC(O)C(C1CC1)N1C(=O)[C@@](C)(CC(=O)O)CC[C@H]1c1ccc(Cl)cc1. The zero-order valence-electron chi connectivity index (χ0n) is 15.9.